The largest absolute Gasteiger partial charge is 0.496 e. The monoisotopic (exact) mass is 240 g/mol. The fraction of sp³-hybridized carbons (Fsp3) is 0.417. The van der Waals surface area contributed by atoms with Crippen LogP contribution in [0.15, 0.2) is 6.07 Å². The number of aromatic carboxylic acids is 1. The molecule has 0 fully saturated rings. The summed E-state index contributed by atoms with van der Waals surface area (Å²) in [7, 11) is 1.50. The van der Waals surface area contributed by atoms with Gasteiger partial charge in [0.15, 0.2) is 0 Å². The van der Waals surface area contributed by atoms with Gasteiger partial charge in [0.25, 0.3) is 0 Å². The molecular formula is C12H13ClO3. The maximum atomic E-state index is 11.1. The van der Waals surface area contributed by atoms with Crippen molar-refractivity contribution in [2.24, 2.45) is 0 Å². The molecule has 1 aromatic carbocycles. The fourth-order valence-electron chi connectivity index (χ4n) is 2.25. The van der Waals surface area contributed by atoms with E-state index in [1.165, 1.54) is 13.2 Å². The summed E-state index contributed by atoms with van der Waals surface area (Å²) in [5.41, 5.74) is 2.18. The molecule has 4 heteroatoms. The maximum Gasteiger partial charge on any atom is 0.339 e. The standard InChI is InChI=1S/C12H13ClO3/c1-16-11-8-5-3-2-4-7(8)10(13)6-9(11)12(14)15/h6H,2-5H2,1H3,(H,14,15). The van der Waals surface area contributed by atoms with Gasteiger partial charge in [-0.15, -0.1) is 0 Å². The molecule has 1 aromatic rings. The normalized spacial score (nSPS) is 14.4. The summed E-state index contributed by atoms with van der Waals surface area (Å²) in [5.74, 6) is -0.515. The van der Waals surface area contributed by atoms with E-state index in [2.05, 4.69) is 0 Å². The highest BCUT2D eigenvalue weighted by atomic mass is 35.5. The van der Waals surface area contributed by atoms with E-state index in [0.29, 0.717) is 10.8 Å². The number of ether oxygens (including phenoxy) is 1. The molecule has 16 heavy (non-hydrogen) atoms. The topological polar surface area (TPSA) is 46.5 Å². The van der Waals surface area contributed by atoms with Crippen LogP contribution in [-0.2, 0) is 12.8 Å². The Kier molecular flexibility index (Phi) is 3.06. The van der Waals surface area contributed by atoms with Crippen LogP contribution in [0.1, 0.15) is 34.3 Å². The van der Waals surface area contributed by atoms with Crippen LogP contribution >= 0.6 is 11.6 Å². The first-order chi connectivity index (χ1) is 7.65. The molecule has 0 unspecified atom stereocenters. The van der Waals surface area contributed by atoms with E-state index in [1.54, 1.807) is 0 Å². The zero-order valence-corrected chi connectivity index (χ0v) is 9.80. The number of halogens is 1. The lowest BCUT2D eigenvalue weighted by atomic mass is 9.89. The summed E-state index contributed by atoms with van der Waals surface area (Å²) in [6.45, 7) is 0. The van der Waals surface area contributed by atoms with E-state index in [9.17, 15) is 4.79 Å². The van der Waals surface area contributed by atoms with Gasteiger partial charge in [0.2, 0.25) is 0 Å². The maximum absolute atomic E-state index is 11.1. The van der Waals surface area contributed by atoms with Gasteiger partial charge in [0.05, 0.1) is 7.11 Å². The number of carboxylic acid groups (broad SMARTS) is 1. The number of carbonyl (C=O) groups is 1. The first-order valence-corrected chi connectivity index (χ1v) is 5.64. The lowest BCUT2D eigenvalue weighted by Gasteiger charge is -2.21. The van der Waals surface area contributed by atoms with Crippen LogP contribution in [0.4, 0.5) is 0 Å². The summed E-state index contributed by atoms with van der Waals surface area (Å²) in [6.07, 6.45) is 3.91. The van der Waals surface area contributed by atoms with Gasteiger partial charge in [0, 0.05) is 5.02 Å². The Hall–Kier alpha value is -1.22. The molecule has 3 nitrogen and oxygen atoms in total. The van der Waals surface area contributed by atoms with Crippen LogP contribution in [0.2, 0.25) is 5.02 Å². The summed E-state index contributed by atoms with van der Waals surface area (Å²) in [4.78, 5) is 11.1. The second-order valence-electron chi connectivity index (χ2n) is 3.91. The van der Waals surface area contributed by atoms with Crippen LogP contribution in [0, 0.1) is 0 Å². The van der Waals surface area contributed by atoms with E-state index < -0.39 is 5.97 Å². The van der Waals surface area contributed by atoms with Crippen LogP contribution in [0.3, 0.4) is 0 Å². The Balaban J connectivity index is 2.66. The number of fused-ring (bicyclic) bond motifs is 1. The minimum atomic E-state index is -0.993. The third kappa shape index (κ3) is 1.76. The van der Waals surface area contributed by atoms with Crippen molar-refractivity contribution in [1.29, 1.82) is 0 Å². The zero-order valence-electron chi connectivity index (χ0n) is 9.05. The number of rotatable bonds is 2. The molecule has 0 aliphatic heterocycles. The summed E-state index contributed by atoms with van der Waals surface area (Å²) in [5, 5.41) is 9.63. The average molecular weight is 241 g/mol. The summed E-state index contributed by atoms with van der Waals surface area (Å²) >= 11 is 6.10. The summed E-state index contributed by atoms with van der Waals surface area (Å²) in [6, 6.07) is 1.49. The van der Waals surface area contributed by atoms with Gasteiger partial charge in [-0.3, -0.25) is 0 Å². The van der Waals surface area contributed by atoms with E-state index in [-0.39, 0.29) is 5.56 Å². The van der Waals surface area contributed by atoms with Crippen molar-refractivity contribution < 1.29 is 14.6 Å². The van der Waals surface area contributed by atoms with Crippen molar-refractivity contribution in [3.8, 4) is 5.75 Å². The predicted octanol–water partition coefficient (Wildman–Crippen LogP) is 2.93. The van der Waals surface area contributed by atoms with Gasteiger partial charge < -0.3 is 9.84 Å². The predicted molar refractivity (Wildman–Crippen MR) is 61.6 cm³/mol. The van der Waals surface area contributed by atoms with Gasteiger partial charge in [0.1, 0.15) is 11.3 Å². The lowest BCUT2D eigenvalue weighted by Crippen LogP contribution is -2.10. The van der Waals surface area contributed by atoms with E-state index >= 15 is 0 Å². The molecule has 0 atom stereocenters. The molecule has 0 spiro atoms. The second kappa shape index (κ2) is 4.34. The number of hydrogen-bond acceptors (Lipinski definition) is 2. The quantitative estimate of drug-likeness (QED) is 0.865. The fourth-order valence-corrected chi connectivity index (χ4v) is 2.57. The molecule has 0 radical (unpaired) electrons. The number of benzene rings is 1. The minimum absolute atomic E-state index is 0.160. The average Bonchev–Trinajstić information content (AvgIpc) is 2.29. The molecule has 0 heterocycles. The van der Waals surface area contributed by atoms with E-state index in [0.717, 1.165) is 36.8 Å². The highest BCUT2D eigenvalue weighted by Crippen LogP contribution is 2.37. The Morgan fingerprint density at radius 3 is 2.56 bits per heavy atom. The van der Waals surface area contributed by atoms with Gasteiger partial charge >= 0.3 is 5.97 Å². The highest BCUT2D eigenvalue weighted by molar-refractivity contribution is 6.32. The molecule has 2 rings (SSSR count). The minimum Gasteiger partial charge on any atom is -0.496 e. The Morgan fingerprint density at radius 1 is 1.38 bits per heavy atom. The molecule has 0 saturated carbocycles. The Morgan fingerprint density at radius 2 is 2.00 bits per heavy atom. The van der Waals surface area contributed by atoms with Gasteiger partial charge in [-0.05, 0) is 42.9 Å². The molecule has 0 saturated heterocycles. The van der Waals surface area contributed by atoms with E-state index in [4.69, 9.17) is 21.4 Å². The molecular weight excluding hydrogens is 228 g/mol. The van der Waals surface area contributed by atoms with Crippen molar-refractivity contribution in [1.82, 2.24) is 0 Å². The number of methoxy groups -OCH3 is 1. The summed E-state index contributed by atoms with van der Waals surface area (Å²) < 4.78 is 5.22. The Labute approximate surface area is 99.0 Å². The lowest BCUT2D eigenvalue weighted by molar-refractivity contribution is 0.0693. The Bertz CT molecular complexity index is 440. The van der Waals surface area contributed by atoms with Crippen molar-refractivity contribution in [2.75, 3.05) is 7.11 Å². The molecule has 1 aliphatic carbocycles. The highest BCUT2D eigenvalue weighted by Gasteiger charge is 2.23. The second-order valence-corrected chi connectivity index (χ2v) is 4.32. The third-order valence-corrected chi connectivity index (χ3v) is 3.32. The molecule has 0 amide bonds. The molecule has 0 aromatic heterocycles. The third-order valence-electron chi connectivity index (χ3n) is 2.98. The van der Waals surface area contributed by atoms with Crippen molar-refractivity contribution in [3.05, 3.63) is 27.8 Å². The van der Waals surface area contributed by atoms with Crippen LogP contribution < -0.4 is 4.74 Å². The van der Waals surface area contributed by atoms with Crippen LogP contribution in [0.5, 0.6) is 5.75 Å². The first kappa shape index (κ1) is 11.3. The SMILES string of the molecule is COc1c(C(=O)O)cc(Cl)c2c1CCCC2. The van der Waals surface area contributed by atoms with Crippen LogP contribution in [-0.4, -0.2) is 18.2 Å². The van der Waals surface area contributed by atoms with Gasteiger partial charge in [-0.25, -0.2) is 4.79 Å². The van der Waals surface area contributed by atoms with Crippen molar-refractivity contribution in [2.45, 2.75) is 25.7 Å². The zero-order chi connectivity index (χ0) is 11.7. The molecule has 0 bridgehead atoms. The van der Waals surface area contributed by atoms with Crippen molar-refractivity contribution in [3.63, 3.8) is 0 Å². The smallest absolute Gasteiger partial charge is 0.339 e. The van der Waals surface area contributed by atoms with E-state index in [1.807, 2.05) is 0 Å². The van der Waals surface area contributed by atoms with Crippen molar-refractivity contribution >= 4 is 17.6 Å². The number of carboxylic acids is 1. The first-order valence-electron chi connectivity index (χ1n) is 5.26. The molecule has 86 valence electrons. The number of hydrogen-bond donors (Lipinski definition) is 1. The van der Waals surface area contributed by atoms with Gasteiger partial charge in [-0.2, -0.15) is 0 Å². The van der Waals surface area contributed by atoms with Gasteiger partial charge in [-0.1, -0.05) is 11.6 Å². The molecule has 1 aliphatic rings. The van der Waals surface area contributed by atoms with Crippen LogP contribution in [0.25, 0.3) is 0 Å². The molecule has 1 N–H and O–H groups in total.